The van der Waals surface area contributed by atoms with E-state index in [0.717, 1.165) is 16.5 Å². The molecule has 4 heteroatoms. The van der Waals surface area contributed by atoms with Gasteiger partial charge in [0.25, 0.3) is 5.91 Å². The molecule has 0 aliphatic carbocycles. The fraction of sp³-hybridized carbons (Fsp3) is 0.143. The van der Waals surface area contributed by atoms with Gasteiger partial charge in [-0.25, -0.2) is 0 Å². The van der Waals surface area contributed by atoms with Crippen LogP contribution in [0.3, 0.4) is 0 Å². The van der Waals surface area contributed by atoms with Crippen molar-refractivity contribution in [2.24, 2.45) is 0 Å². The third-order valence-electron chi connectivity index (χ3n) is 4.06. The maximum absolute atomic E-state index is 12.4. The van der Waals surface area contributed by atoms with Crippen LogP contribution in [-0.4, -0.2) is 17.4 Å². The first-order valence-electron chi connectivity index (χ1n) is 8.20. The van der Waals surface area contributed by atoms with Crippen LogP contribution in [0.2, 0.25) is 0 Å². The van der Waals surface area contributed by atoms with Gasteiger partial charge in [-0.2, -0.15) is 0 Å². The van der Waals surface area contributed by atoms with Crippen LogP contribution in [-0.2, 0) is 6.42 Å². The van der Waals surface area contributed by atoms with E-state index in [0.29, 0.717) is 12.1 Å². The van der Waals surface area contributed by atoms with Gasteiger partial charge in [0.05, 0.1) is 0 Å². The van der Waals surface area contributed by atoms with Crippen molar-refractivity contribution in [3.05, 3.63) is 100 Å². The van der Waals surface area contributed by atoms with Gasteiger partial charge in [0, 0.05) is 34.9 Å². The van der Waals surface area contributed by atoms with E-state index in [-0.39, 0.29) is 11.8 Å². The summed E-state index contributed by atoms with van der Waals surface area (Å²) in [6, 6.07) is 21.6. The molecule has 126 valence electrons. The van der Waals surface area contributed by atoms with Crippen molar-refractivity contribution in [3.63, 3.8) is 0 Å². The van der Waals surface area contributed by atoms with Crippen molar-refractivity contribution in [1.82, 2.24) is 10.3 Å². The number of carbonyl (C=O) groups is 1. The first-order chi connectivity index (χ1) is 12.2. The van der Waals surface area contributed by atoms with E-state index >= 15 is 0 Å². The Bertz CT molecular complexity index is 822. The molecule has 0 radical (unpaired) electrons. The van der Waals surface area contributed by atoms with Gasteiger partial charge in [-0.3, -0.25) is 9.78 Å². The Hall–Kier alpha value is -2.46. The highest BCUT2D eigenvalue weighted by Gasteiger charge is 2.15. The van der Waals surface area contributed by atoms with Crippen molar-refractivity contribution < 1.29 is 4.79 Å². The van der Waals surface area contributed by atoms with E-state index in [1.54, 1.807) is 6.20 Å². The van der Waals surface area contributed by atoms with Crippen LogP contribution in [0.4, 0.5) is 0 Å². The fourth-order valence-electron chi connectivity index (χ4n) is 2.79. The van der Waals surface area contributed by atoms with Crippen molar-refractivity contribution in [2.45, 2.75) is 12.3 Å². The molecule has 1 heterocycles. The number of hydrogen-bond acceptors (Lipinski definition) is 2. The molecular formula is C21H19BrN2O. The monoisotopic (exact) mass is 394 g/mol. The molecule has 0 spiro atoms. The molecule has 0 unspecified atom stereocenters. The van der Waals surface area contributed by atoms with Crippen LogP contribution in [0.1, 0.15) is 27.4 Å². The Kier molecular flexibility index (Phi) is 5.96. The number of nitrogens with zero attached hydrogens (tertiary/aromatic N) is 1. The molecule has 0 saturated heterocycles. The minimum Gasteiger partial charge on any atom is -0.351 e. The molecule has 3 rings (SSSR count). The number of hydrogen-bond donors (Lipinski definition) is 1. The van der Waals surface area contributed by atoms with Crippen molar-refractivity contribution in [3.8, 4) is 0 Å². The van der Waals surface area contributed by atoms with E-state index in [4.69, 9.17) is 0 Å². The summed E-state index contributed by atoms with van der Waals surface area (Å²) in [7, 11) is 0. The summed E-state index contributed by atoms with van der Waals surface area (Å²) in [6.45, 7) is 0.574. The Balaban J connectivity index is 1.74. The fourth-order valence-corrected chi connectivity index (χ4v) is 3.20. The number of benzene rings is 2. The number of pyridine rings is 1. The number of aromatic nitrogens is 1. The molecule has 0 bridgehead atoms. The molecule has 1 aromatic heterocycles. The average molecular weight is 395 g/mol. The van der Waals surface area contributed by atoms with Crippen LogP contribution in [0.15, 0.2) is 83.6 Å². The van der Waals surface area contributed by atoms with Crippen molar-refractivity contribution >= 4 is 21.8 Å². The molecule has 0 aliphatic rings. The second-order valence-electron chi connectivity index (χ2n) is 5.90. The minimum atomic E-state index is -0.0473. The smallest absolute Gasteiger partial charge is 0.251 e. The Morgan fingerprint density at radius 3 is 2.36 bits per heavy atom. The molecule has 25 heavy (non-hydrogen) atoms. The van der Waals surface area contributed by atoms with Crippen molar-refractivity contribution in [2.75, 3.05) is 6.54 Å². The number of nitrogens with one attached hydrogen (secondary N) is 1. The van der Waals surface area contributed by atoms with Gasteiger partial charge in [0.15, 0.2) is 0 Å². The van der Waals surface area contributed by atoms with Gasteiger partial charge in [-0.1, -0.05) is 48.5 Å². The maximum atomic E-state index is 12.4. The second kappa shape index (κ2) is 8.58. The summed E-state index contributed by atoms with van der Waals surface area (Å²) in [5, 5.41) is 3.06. The third-order valence-corrected chi connectivity index (χ3v) is 4.49. The normalized spacial score (nSPS) is 11.7. The van der Waals surface area contributed by atoms with Crippen LogP contribution in [0.25, 0.3) is 0 Å². The molecular weight excluding hydrogens is 376 g/mol. The van der Waals surface area contributed by atoms with Crippen LogP contribution < -0.4 is 5.32 Å². The highest BCUT2D eigenvalue weighted by atomic mass is 79.9. The zero-order chi connectivity index (χ0) is 17.5. The van der Waals surface area contributed by atoms with Gasteiger partial charge in [0.2, 0.25) is 0 Å². The van der Waals surface area contributed by atoms with Gasteiger partial charge in [-0.15, -0.1) is 0 Å². The first kappa shape index (κ1) is 17.4. The number of rotatable bonds is 6. The first-order valence-corrected chi connectivity index (χ1v) is 8.99. The molecule has 2 aromatic carbocycles. The quantitative estimate of drug-likeness (QED) is 0.663. The highest BCUT2D eigenvalue weighted by Crippen LogP contribution is 2.21. The Labute approximate surface area is 156 Å². The third kappa shape index (κ3) is 5.00. The summed E-state index contributed by atoms with van der Waals surface area (Å²) in [6.07, 6.45) is 4.46. The van der Waals surface area contributed by atoms with E-state index < -0.39 is 0 Å². The summed E-state index contributed by atoms with van der Waals surface area (Å²) in [4.78, 5) is 16.6. The lowest BCUT2D eigenvalue weighted by Gasteiger charge is -2.18. The SMILES string of the molecule is O=C(NC[C@H](Cc1cncc(Br)c1)c1ccccc1)c1ccccc1. The van der Waals surface area contributed by atoms with Crippen molar-refractivity contribution in [1.29, 1.82) is 0 Å². The average Bonchev–Trinajstić information content (AvgIpc) is 2.66. The predicted octanol–water partition coefficient (Wildman–Crippen LogP) is 4.60. The van der Waals surface area contributed by atoms with E-state index in [2.05, 4.69) is 44.4 Å². The summed E-state index contributed by atoms with van der Waals surface area (Å²) in [5.41, 5.74) is 3.02. The van der Waals surface area contributed by atoms with Gasteiger partial charge in [-0.05, 0) is 51.7 Å². The molecule has 1 atom stereocenters. The lowest BCUT2D eigenvalue weighted by molar-refractivity contribution is 0.0951. The highest BCUT2D eigenvalue weighted by molar-refractivity contribution is 9.10. The number of halogens is 1. The van der Waals surface area contributed by atoms with E-state index in [1.165, 1.54) is 5.56 Å². The Morgan fingerprint density at radius 1 is 1.00 bits per heavy atom. The zero-order valence-corrected chi connectivity index (χ0v) is 15.3. The van der Waals surface area contributed by atoms with E-state index in [1.807, 2.05) is 54.7 Å². The lowest BCUT2D eigenvalue weighted by atomic mass is 9.92. The molecule has 0 saturated carbocycles. The lowest BCUT2D eigenvalue weighted by Crippen LogP contribution is -2.29. The Morgan fingerprint density at radius 2 is 1.68 bits per heavy atom. The van der Waals surface area contributed by atoms with Crippen LogP contribution in [0.5, 0.6) is 0 Å². The molecule has 3 nitrogen and oxygen atoms in total. The summed E-state index contributed by atoms with van der Waals surface area (Å²) in [5.74, 6) is 0.138. The van der Waals surface area contributed by atoms with E-state index in [9.17, 15) is 4.79 Å². The minimum absolute atomic E-state index is 0.0473. The largest absolute Gasteiger partial charge is 0.351 e. The molecule has 3 aromatic rings. The van der Waals surface area contributed by atoms with Crippen LogP contribution in [0, 0.1) is 0 Å². The molecule has 0 aliphatic heterocycles. The predicted molar refractivity (Wildman–Crippen MR) is 104 cm³/mol. The molecule has 1 N–H and O–H groups in total. The number of amides is 1. The zero-order valence-electron chi connectivity index (χ0n) is 13.7. The molecule has 1 amide bonds. The van der Waals surface area contributed by atoms with Crippen LogP contribution >= 0.6 is 15.9 Å². The summed E-state index contributed by atoms with van der Waals surface area (Å²) >= 11 is 3.47. The topological polar surface area (TPSA) is 42.0 Å². The molecule has 0 fully saturated rings. The standard InChI is InChI=1S/C21H19BrN2O/c22-20-12-16(13-23-15-20)11-19(17-7-3-1-4-8-17)14-24-21(25)18-9-5-2-6-10-18/h1-10,12-13,15,19H,11,14H2,(H,24,25)/t19-/m0/s1. The maximum Gasteiger partial charge on any atom is 0.251 e. The van der Waals surface area contributed by atoms with Gasteiger partial charge >= 0.3 is 0 Å². The second-order valence-corrected chi connectivity index (χ2v) is 6.81. The van der Waals surface area contributed by atoms with Gasteiger partial charge < -0.3 is 5.32 Å². The van der Waals surface area contributed by atoms with Gasteiger partial charge in [0.1, 0.15) is 0 Å². The number of carbonyl (C=O) groups excluding carboxylic acids is 1. The summed E-state index contributed by atoms with van der Waals surface area (Å²) < 4.78 is 0.963.